The molecule has 3 saturated carbocycles. The van der Waals surface area contributed by atoms with E-state index in [2.05, 4.69) is 49.0 Å². The Morgan fingerprint density at radius 2 is 1.67 bits per heavy atom. The fraction of sp³-hybridized carbons (Fsp3) is 0.920. The van der Waals surface area contributed by atoms with E-state index in [9.17, 15) is 35.7 Å². The standard InChI is InChI=1S/C50H80N4O15/c1-24-8-11-34-25(2)37-35(54(34)20-24)19-33-31-10-9-28-18-30(12-14-49(28,5)32(31)13-15-50(33,37)6)62-17-7-16-53-21-29(51-52-53)23-63-48(44(61)68-45-41(59)39(57)38(56)27(4)65-45)66-36(22-55)26(3)64-46-42(60)40(58)43-47(67-43)69-46/h9,21,24-27,30-48,55-61H,7-8,10-20,22-23H2,1-6H3/t24-,25+,26-,27?,30-,31?,32?,33?,34?,35?,36?,37?,38?,39?,40?,41?,42?,43?,44+,45?,46?,47?,48?,49-,50-/m0/s1. The van der Waals surface area contributed by atoms with Crippen LogP contribution in [0.2, 0.25) is 0 Å². The maximum atomic E-state index is 11.3. The Labute approximate surface area is 405 Å². The van der Waals surface area contributed by atoms with Gasteiger partial charge in [-0.3, -0.25) is 9.58 Å². The van der Waals surface area contributed by atoms with Crippen LogP contribution in [0.3, 0.4) is 0 Å². The summed E-state index contributed by atoms with van der Waals surface area (Å²) in [5.41, 5.74) is 2.75. The summed E-state index contributed by atoms with van der Waals surface area (Å²) >= 11 is 0. The third-order valence-corrected chi connectivity index (χ3v) is 18.9. The van der Waals surface area contributed by atoms with Gasteiger partial charge in [0.2, 0.25) is 12.6 Å². The predicted molar refractivity (Wildman–Crippen MR) is 243 cm³/mol. The summed E-state index contributed by atoms with van der Waals surface area (Å²) in [6.07, 6.45) is -1.87. The number of rotatable bonds is 17. The average molecular weight is 977 g/mol. The van der Waals surface area contributed by atoms with Crippen LogP contribution in [0.15, 0.2) is 17.8 Å². The molecule has 19 heteroatoms. The van der Waals surface area contributed by atoms with Crippen LogP contribution < -0.4 is 0 Å². The van der Waals surface area contributed by atoms with E-state index >= 15 is 0 Å². The Morgan fingerprint density at radius 1 is 0.884 bits per heavy atom. The normalized spacial score (nSPS) is 47.7. The zero-order valence-corrected chi connectivity index (χ0v) is 41.2. The molecule has 390 valence electrons. The lowest BCUT2D eigenvalue weighted by Crippen LogP contribution is -2.58. The summed E-state index contributed by atoms with van der Waals surface area (Å²) in [5, 5.41) is 82.0. The summed E-state index contributed by atoms with van der Waals surface area (Å²) in [6, 6.07) is 1.59. The van der Waals surface area contributed by atoms with E-state index in [1.807, 2.05) is 0 Å². The van der Waals surface area contributed by atoms with Crippen molar-refractivity contribution in [3.63, 3.8) is 0 Å². The first-order valence-corrected chi connectivity index (χ1v) is 26.2. The van der Waals surface area contributed by atoms with E-state index in [1.165, 1.54) is 65.3 Å². The van der Waals surface area contributed by atoms with Gasteiger partial charge in [0, 0.05) is 31.8 Å². The second kappa shape index (κ2) is 20.2. The highest BCUT2D eigenvalue weighted by molar-refractivity contribution is 5.27. The second-order valence-corrected chi connectivity index (χ2v) is 23.0. The van der Waals surface area contributed by atoms with E-state index < -0.39 is 93.0 Å². The van der Waals surface area contributed by atoms with Crippen molar-refractivity contribution >= 4 is 0 Å². The highest BCUT2D eigenvalue weighted by Crippen LogP contribution is 2.70. The second-order valence-electron chi connectivity index (χ2n) is 23.0. The van der Waals surface area contributed by atoms with Crippen molar-refractivity contribution in [1.29, 1.82) is 0 Å². The minimum Gasteiger partial charge on any atom is -0.394 e. The molecule has 4 aliphatic carbocycles. The molecule has 18 unspecified atom stereocenters. The number of epoxide rings is 1. The van der Waals surface area contributed by atoms with Gasteiger partial charge in [-0.15, -0.1) is 5.10 Å². The number of piperidine rings is 1. The van der Waals surface area contributed by atoms with E-state index in [0.717, 1.165) is 66.9 Å². The van der Waals surface area contributed by atoms with Crippen molar-refractivity contribution in [2.75, 3.05) is 19.8 Å². The lowest BCUT2D eigenvalue weighted by molar-refractivity contribution is -0.370. The lowest BCUT2D eigenvalue weighted by atomic mass is 9.47. The van der Waals surface area contributed by atoms with Gasteiger partial charge < -0.3 is 73.6 Å². The van der Waals surface area contributed by atoms with Gasteiger partial charge in [0.05, 0.1) is 37.7 Å². The zero-order chi connectivity index (χ0) is 48.7. The summed E-state index contributed by atoms with van der Waals surface area (Å²) in [7, 11) is 0. The third kappa shape index (κ3) is 9.54. The van der Waals surface area contributed by atoms with E-state index in [-0.39, 0.29) is 18.1 Å². The van der Waals surface area contributed by atoms with Gasteiger partial charge >= 0.3 is 0 Å². The van der Waals surface area contributed by atoms with Crippen molar-refractivity contribution in [2.45, 2.75) is 223 Å². The SMILES string of the molecule is CC1OC(O[C@@H](O)C(OCc2cn(CCCO[C@H]3CC[C@@]4(C)C(=CCC5C6CC7C([C@H](C)C8CC[C@H](C)CN78)[C@@]6(C)CCC54)C3)nn2)OC(CO)[C@H](C)OC2OC3OC3C(O)C2O)C(O)C(O)C1O. The van der Waals surface area contributed by atoms with E-state index in [1.54, 1.807) is 16.5 Å². The minimum absolute atomic E-state index is 0.198. The molecule has 6 heterocycles. The maximum Gasteiger partial charge on any atom is 0.210 e. The molecule has 7 N–H and O–H groups in total. The van der Waals surface area contributed by atoms with Crippen LogP contribution in [0.25, 0.3) is 0 Å². The largest absolute Gasteiger partial charge is 0.394 e. The molecule has 0 aromatic carbocycles. The molecule has 25 atom stereocenters. The predicted octanol–water partition coefficient (Wildman–Crippen LogP) is 1.95. The topological polar surface area (TPSA) is 253 Å². The number of aryl methyl sites for hydroxylation is 1. The molecule has 5 saturated heterocycles. The number of nitrogens with zero attached hydrogens (tertiary/aromatic N) is 4. The first-order valence-electron chi connectivity index (χ1n) is 26.2. The third-order valence-electron chi connectivity index (χ3n) is 18.9. The van der Waals surface area contributed by atoms with Crippen molar-refractivity contribution in [3.05, 3.63) is 23.5 Å². The number of hydrogen-bond acceptors (Lipinski definition) is 18. The molecule has 69 heavy (non-hydrogen) atoms. The molecular formula is C50H80N4O15. The molecule has 8 fully saturated rings. The molecule has 10 rings (SSSR count). The van der Waals surface area contributed by atoms with Crippen molar-refractivity contribution in [2.24, 2.45) is 46.3 Å². The highest BCUT2D eigenvalue weighted by Gasteiger charge is 2.66. The first kappa shape index (κ1) is 50.8. The van der Waals surface area contributed by atoms with Gasteiger partial charge in [-0.25, -0.2) is 0 Å². The fourth-order valence-corrected chi connectivity index (χ4v) is 15.1. The maximum absolute atomic E-state index is 11.3. The number of allylic oxidation sites excluding steroid dienone is 1. The Morgan fingerprint density at radius 3 is 2.46 bits per heavy atom. The van der Waals surface area contributed by atoms with Gasteiger partial charge in [-0.2, -0.15) is 0 Å². The van der Waals surface area contributed by atoms with Crippen LogP contribution >= 0.6 is 0 Å². The number of ether oxygens (including phenoxy) is 8. The fourth-order valence-electron chi connectivity index (χ4n) is 15.1. The molecule has 1 aromatic heterocycles. The quantitative estimate of drug-likeness (QED) is 0.0510. The molecule has 0 bridgehead atoms. The lowest BCUT2D eigenvalue weighted by Gasteiger charge is -2.58. The Bertz CT molecular complexity index is 1950. The van der Waals surface area contributed by atoms with Gasteiger partial charge in [0.1, 0.15) is 48.4 Å². The summed E-state index contributed by atoms with van der Waals surface area (Å²) < 4.78 is 47.8. The smallest absolute Gasteiger partial charge is 0.210 e. The van der Waals surface area contributed by atoms with Crippen molar-refractivity contribution in [1.82, 2.24) is 19.9 Å². The molecule has 19 nitrogen and oxygen atoms in total. The van der Waals surface area contributed by atoms with E-state index in [0.29, 0.717) is 24.3 Å². The zero-order valence-electron chi connectivity index (χ0n) is 41.2. The highest BCUT2D eigenvalue weighted by atomic mass is 16.8. The van der Waals surface area contributed by atoms with E-state index in [4.69, 9.17) is 37.9 Å². The van der Waals surface area contributed by atoms with Crippen LogP contribution in [0.1, 0.15) is 111 Å². The molecule has 0 radical (unpaired) electrons. The molecule has 0 amide bonds. The number of aromatic nitrogens is 3. The van der Waals surface area contributed by atoms with Crippen LogP contribution in [-0.4, -0.2) is 180 Å². The Kier molecular flexibility index (Phi) is 14.8. The average Bonchev–Trinajstić information content (AvgIpc) is 3.70. The monoisotopic (exact) mass is 977 g/mol. The Balaban J connectivity index is 0.713. The van der Waals surface area contributed by atoms with Crippen LogP contribution in [-0.2, 0) is 51.0 Å². The van der Waals surface area contributed by atoms with Crippen LogP contribution in [0.5, 0.6) is 0 Å². The number of fused-ring (bicyclic) bond motifs is 10. The van der Waals surface area contributed by atoms with Gasteiger partial charge in [0.15, 0.2) is 18.9 Å². The molecule has 5 aliphatic heterocycles. The first-order chi connectivity index (χ1) is 33.0. The van der Waals surface area contributed by atoms with Crippen LogP contribution in [0.4, 0.5) is 0 Å². The van der Waals surface area contributed by atoms with Crippen molar-refractivity contribution in [3.8, 4) is 0 Å². The van der Waals surface area contributed by atoms with Gasteiger partial charge in [-0.1, -0.05) is 44.6 Å². The minimum atomic E-state index is -1.98. The summed E-state index contributed by atoms with van der Waals surface area (Å²) in [5.74, 6) is 4.87. The molecule has 1 aromatic rings. The molecule has 9 aliphatic rings. The summed E-state index contributed by atoms with van der Waals surface area (Å²) in [4.78, 5) is 3.00. The Hall–Kier alpha value is -1.76. The number of hydrogen-bond donors (Lipinski definition) is 7. The molecule has 0 spiro atoms. The summed E-state index contributed by atoms with van der Waals surface area (Å²) in [6.45, 7) is 14.9. The van der Waals surface area contributed by atoms with Crippen LogP contribution in [0, 0.1) is 46.3 Å². The van der Waals surface area contributed by atoms with Crippen molar-refractivity contribution < 1.29 is 73.6 Å². The number of aliphatic hydroxyl groups is 7. The molecular weight excluding hydrogens is 897 g/mol. The van der Waals surface area contributed by atoms with Gasteiger partial charge in [-0.05, 0) is 124 Å². The number of aliphatic hydroxyl groups excluding tert-OH is 7. The van der Waals surface area contributed by atoms with Gasteiger partial charge in [0.25, 0.3) is 0 Å².